The molecule has 0 atom stereocenters. The minimum atomic E-state index is -0.211. The molecule has 1 aliphatic rings. The van der Waals surface area contributed by atoms with Gasteiger partial charge in [0.25, 0.3) is 5.91 Å². The van der Waals surface area contributed by atoms with Crippen LogP contribution in [0, 0.1) is 0 Å². The van der Waals surface area contributed by atoms with Crippen LogP contribution < -0.4 is 15.4 Å². The van der Waals surface area contributed by atoms with Gasteiger partial charge in [-0.2, -0.15) is 0 Å². The molecule has 0 unspecified atom stereocenters. The Morgan fingerprint density at radius 3 is 2.60 bits per heavy atom. The van der Waals surface area contributed by atoms with Crippen LogP contribution in [0.2, 0.25) is 0 Å². The van der Waals surface area contributed by atoms with Crippen molar-refractivity contribution in [3.63, 3.8) is 0 Å². The molecule has 8 nitrogen and oxygen atoms in total. The van der Waals surface area contributed by atoms with Crippen molar-refractivity contribution >= 4 is 23.2 Å². The Hall–Kier alpha value is -3.10. The van der Waals surface area contributed by atoms with Crippen molar-refractivity contribution in [2.45, 2.75) is 0 Å². The van der Waals surface area contributed by atoms with Crippen LogP contribution in [0.25, 0.3) is 0 Å². The summed E-state index contributed by atoms with van der Waals surface area (Å²) < 4.78 is 15.8. The van der Waals surface area contributed by atoms with Crippen LogP contribution in [-0.4, -0.2) is 69.9 Å². The molecule has 8 heteroatoms. The molecule has 0 bridgehead atoms. The molecule has 0 saturated carbocycles. The highest BCUT2D eigenvalue weighted by atomic mass is 16.5. The van der Waals surface area contributed by atoms with Crippen molar-refractivity contribution in [1.29, 1.82) is 0 Å². The molecule has 0 aromatic heterocycles. The lowest BCUT2D eigenvalue weighted by Crippen LogP contribution is -2.40. The van der Waals surface area contributed by atoms with Crippen molar-refractivity contribution in [3.8, 4) is 5.75 Å². The Balaban J connectivity index is 1.51. The average Bonchev–Trinajstić information content (AvgIpc) is 2.78. The van der Waals surface area contributed by atoms with E-state index >= 15 is 0 Å². The summed E-state index contributed by atoms with van der Waals surface area (Å²) in [4.78, 5) is 26.7. The van der Waals surface area contributed by atoms with Gasteiger partial charge in [0.2, 0.25) is 5.91 Å². The van der Waals surface area contributed by atoms with E-state index in [1.807, 2.05) is 24.3 Å². The second kappa shape index (κ2) is 11.2. The maximum absolute atomic E-state index is 12.6. The van der Waals surface area contributed by atoms with E-state index in [0.29, 0.717) is 56.5 Å². The molecule has 1 aliphatic heterocycles. The lowest BCUT2D eigenvalue weighted by atomic mass is 10.1. The standard InChI is InChI=1S/C22H27N3O5/c1-28-12-13-30-20-7-3-5-18(15-20)23-16-21(26)24-19-6-2-4-17(14-19)22(27)25-8-10-29-11-9-25/h2-7,14-15,23H,8-13,16H2,1H3,(H,24,26). The summed E-state index contributed by atoms with van der Waals surface area (Å²) in [7, 11) is 1.62. The third kappa shape index (κ3) is 6.47. The Labute approximate surface area is 176 Å². The third-order valence-corrected chi connectivity index (χ3v) is 4.53. The van der Waals surface area contributed by atoms with Gasteiger partial charge in [-0.15, -0.1) is 0 Å². The SMILES string of the molecule is COCCOc1cccc(NCC(=O)Nc2cccc(C(=O)N3CCOCC3)c2)c1. The highest BCUT2D eigenvalue weighted by molar-refractivity contribution is 5.98. The molecule has 1 heterocycles. The maximum Gasteiger partial charge on any atom is 0.254 e. The van der Waals surface area contributed by atoms with Crippen molar-refractivity contribution in [3.05, 3.63) is 54.1 Å². The lowest BCUT2D eigenvalue weighted by molar-refractivity contribution is -0.114. The van der Waals surface area contributed by atoms with Crippen molar-refractivity contribution in [1.82, 2.24) is 4.90 Å². The van der Waals surface area contributed by atoms with Crippen LogP contribution in [0.3, 0.4) is 0 Å². The van der Waals surface area contributed by atoms with Crippen LogP contribution >= 0.6 is 0 Å². The van der Waals surface area contributed by atoms with E-state index < -0.39 is 0 Å². The number of ether oxygens (including phenoxy) is 3. The van der Waals surface area contributed by atoms with Gasteiger partial charge >= 0.3 is 0 Å². The smallest absolute Gasteiger partial charge is 0.254 e. The lowest BCUT2D eigenvalue weighted by Gasteiger charge is -2.27. The van der Waals surface area contributed by atoms with Gasteiger partial charge in [-0.05, 0) is 30.3 Å². The molecule has 0 radical (unpaired) electrons. The highest BCUT2D eigenvalue weighted by Gasteiger charge is 2.18. The summed E-state index contributed by atoms with van der Waals surface area (Å²) in [6.45, 7) is 3.30. The summed E-state index contributed by atoms with van der Waals surface area (Å²) in [5.74, 6) is 0.432. The second-order valence-corrected chi connectivity index (χ2v) is 6.76. The van der Waals surface area contributed by atoms with Crippen LogP contribution in [0.15, 0.2) is 48.5 Å². The molecule has 2 aromatic rings. The van der Waals surface area contributed by atoms with Crippen molar-refractivity contribution in [2.75, 3.05) is 63.8 Å². The summed E-state index contributed by atoms with van der Waals surface area (Å²) in [6.07, 6.45) is 0. The largest absolute Gasteiger partial charge is 0.491 e. The number of benzene rings is 2. The van der Waals surface area contributed by atoms with Crippen LogP contribution in [0.5, 0.6) is 5.75 Å². The molecule has 30 heavy (non-hydrogen) atoms. The van der Waals surface area contributed by atoms with E-state index in [1.54, 1.807) is 36.3 Å². The molecule has 160 valence electrons. The monoisotopic (exact) mass is 413 g/mol. The molecule has 0 aliphatic carbocycles. The van der Waals surface area contributed by atoms with Gasteiger partial charge in [-0.25, -0.2) is 0 Å². The van der Waals surface area contributed by atoms with Crippen molar-refractivity contribution < 1.29 is 23.8 Å². The number of rotatable bonds is 9. The Kier molecular flexibility index (Phi) is 8.05. The molecule has 1 saturated heterocycles. The molecule has 2 amide bonds. The van der Waals surface area contributed by atoms with Gasteiger partial charge < -0.3 is 29.7 Å². The first kappa shape index (κ1) is 21.6. The first-order valence-corrected chi connectivity index (χ1v) is 9.88. The number of carbonyl (C=O) groups excluding carboxylic acids is 2. The van der Waals surface area contributed by atoms with E-state index in [4.69, 9.17) is 14.2 Å². The summed E-state index contributed by atoms with van der Waals surface area (Å²) in [5.41, 5.74) is 1.90. The number of anilines is 2. The average molecular weight is 413 g/mol. The molecule has 0 spiro atoms. The number of morpholine rings is 1. The molecular formula is C22H27N3O5. The molecule has 3 rings (SSSR count). The fraction of sp³-hybridized carbons (Fsp3) is 0.364. The van der Waals surface area contributed by atoms with Gasteiger partial charge in [0, 0.05) is 43.2 Å². The molecule has 2 N–H and O–H groups in total. The summed E-state index contributed by atoms with van der Waals surface area (Å²) >= 11 is 0. The van der Waals surface area contributed by atoms with E-state index in [9.17, 15) is 9.59 Å². The topological polar surface area (TPSA) is 89.1 Å². The van der Waals surface area contributed by atoms with E-state index in [2.05, 4.69) is 10.6 Å². The van der Waals surface area contributed by atoms with Gasteiger partial charge in [-0.3, -0.25) is 9.59 Å². The zero-order chi connectivity index (χ0) is 21.2. The fourth-order valence-corrected chi connectivity index (χ4v) is 3.01. The number of hydrogen-bond acceptors (Lipinski definition) is 6. The number of amides is 2. The van der Waals surface area contributed by atoms with Crippen LogP contribution in [0.1, 0.15) is 10.4 Å². The Morgan fingerprint density at radius 1 is 1.03 bits per heavy atom. The van der Waals surface area contributed by atoms with Gasteiger partial charge in [0.1, 0.15) is 12.4 Å². The number of carbonyl (C=O) groups is 2. The zero-order valence-electron chi connectivity index (χ0n) is 17.1. The first-order valence-electron chi connectivity index (χ1n) is 9.88. The van der Waals surface area contributed by atoms with E-state index in [0.717, 1.165) is 5.69 Å². The molecular weight excluding hydrogens is 386 g/mol. The predicted molar refractivity (Wildman–Crippen MR) is 114 cm³/mol. The first-order chi connectivity index (χ1) is 14.7. The van der Waals surface area contributed by atoms with Crippen molar-refractivity contribution in [2.24, 2.45) is 0 Å². The van der Waals surface area contributed by atoms with E-state index in [1.165, 1.54) is 0 Å². The summed E-state index contributed by atoms with van der Waals surface area (Å²) in [6, 6.07) is 14.3. The zero-order valence-corrected chi connectivity index (χ0v) is 17.1. The Morgan fingerprint density at radius 2 is 1.80 bits per heavy atom. The van der Waals surface area contributed by atoms with Gasteiger partial charge in [0.15, 0.2) is 0 Å². The summed E-state index contributed by atoms with van der Waals surface area (Å²) in [5, 5.41) is 5.89. The number of hydrogen-bond donors (Lipinski definition) is 2. The molecule has 2 aromatic carbocycles. The predicted octanol–water partition coefficient (Wildman–Crippen LogP) is 2.23. The quantitative estimate of drug-likeness (QED) is 0.613. The second-order valence-electron chi connectivity index (χ2n) is 6.76. The minimum absolute atomic E-state index is 0.0576. The maximum atomic E-state index is 12.6. The highest BCUT2D eigenvalue weighted by Crippen LogP contribution is 2.17. The normalized spacial score (nSPS) is 13.6. The van der Waals surface area contributed by atoms with Crippen LogP contribution in [-0.2, 0) is 14.3 Å². The van der Waals surface area contributed by atoms with Gasteiger partial charge in [0.05, 0.1) is 26.4 Å². The number of nitrogens with zero attached hydrogens (tertiary/aromatic N) is 1. The fourth-order valence-electron chi connectivity index (χ4n) is 3.01. The minimum Gasteiger partial charge on any atom is -0.491 e. The Bertz CT molecular complexity index is 852. The van der Waals surface area contributed by atoms with Crippen LogP contribution in [0.4, 0.5) is 11.4 Å². The third-order valence-electron chi connectivity index (χ3n) is 4.53. The van der Waals surface area contributed by atoms with E-state index in [-0.39, 0.29) is 18.4 Å². The molecule has 1 fully saturated rings. The van der Waals surface area contributed by atoms with Gasteiger partial charge in [-0.1, -0.05) is 12.1 Å². The number of nitrogens with one attached hydrogen (secondary N) is 2. The number of methoxy groups -OCH3 is 1.